The fourth-order valence-electron chi connectivity index (χ4n) is 2.19. The van der Waals surface area contributed by atoms with Crippen LogP contribution < -0.4 is 5.32 Å². The molecule has 1 aromatic heterocycles. The van der Waals surface area contributed by atoms with E-state index in [-0.39, 0.29) is 11.7 Å². The molecule has 3 aromatic rings. The minimum absolute atomic E-state index is 0.194. The fraction of sp³-hybridized carbons (Fsp3) is 0.0667. The van der Waals surface area contributed by atoms with Crippen LogP contribution in [0.15, 0.2) is 48.7 Å². The molecule has 2 N–H and O–H groups in total. The van der Waals surface area contributed by atoms with Gasteiger partial charge in [-0.3, -0.25) is 9.48 Å². The van der Waals surface area contributed by atoms with Crippen molar-refractivity contribution >= 4 is 22.4 Å². The Morgan fingerprint density at radius 2 is 1.90 bits per heavy atom. The van der Waals surface area contributed by atoms with Gasteiger partial charge in [-0.25, -0.2) is 0 Å². The minimum Gasteiger partial charge on any atom is -0.507 e. The molecule has 5 nitrogen and oxygen atoms in total. The monoisotopic (exact) mass is 267 g/mol. The van der Waals surface area contributed by atoms with Gasteiger partial charge in [0.15, 0.2) is 0 Å². The van der Waals surface area contributed by atoms with Crippen molar-refractivity contribution in [3.05, 3.63) is 54.4 Å². The lowest BCUT2D eigenvalue weighted by atomic mass is 10.1. The number of carbonyl (C=O) groups excluding carboxylic acids is 1. The molecule has 20 heavy (non-hydrogen) atoms. The Bertz CT molecular complexity index is 793. The van der Waals surface area contributed by atoms with Gasteiger partial charge < -0.3 is 10.4 Å². The molecular weight excluding hydrogens is 254 g/mol. The predicted octanol–water partition coefficient (Wildman–Crippen LogP) is 2.53. The average molecular weight is 267 g/mol. The molecule has 0 bridgehead atoms. The van der Waals surface area contributed by atoms with Crippen molar-refractivity contribution in [2.45, 2.75) is 0 Å². The van der Waals surface area contributed by atoms with Crippen LogP contribution in [0.1, 0.15) is 10.5 Å². The molecule has 0 spiro atoms. The third-order valence-corrected chi connectivity index (χ3v) is 3.20. The number of phenolic OH excluding ortho intramolecular Hbond substituents is 1. The van der Waals surface area contributed by atoms with E-state index >= 15 is 0 Å². The van der Waals surface area contributed by atoms with E-state index in [2.05, 4.69) is 10.4 Å². The molecule has 0 saturated heterocycles. The average Bonchev–Trinajstić information content (AvgIpc) is 2.86. The third kappa shape index (κ3) is 1.99. The van der Waals surface area contributed by atoms with E-state index in [0.29, 0.717) is 16.8 Å². The quantitative estimate of drug-likeness (QED) is 0.749. The van der Waals surface area contributed by atoms with Gasteiger partial charge in [0.05, 0.1) is 0 Å². The van der Waals surface area contributed by atoms with E-state index in [1.54, 1.807) is 43.6 Å². The van der Waals surface area contributed by atoms with Crippen LogP contribution in [0.5, 0.6) is 5.75 Å². The Labute approximate surface area is 115 Å². The lowest BCUT2D eigenvalue weighted by Crippen LogP contribution is -2.16. The first-order valence-electron chi connectivity index (χ1n) is 6.17. The number of carbonyl (C=O) groups is 1. The summed E-state index contributed by atoms with van der Waals surface area (Å²) in [5, 5.41) is 18.1. The second-order valence-electron chi connectivity index (χ2n) is 4.47. The molecule has 0 atom stereocenters. The second kappa shape index (κ2) is 4.70. The first-order chi connectivity index (χ1) is 9.66. The number of nitrogens with zero attached hydrogens (tertiary/aromatic N) is 2. The van der Waals surface area contributed by atoms with Crippen LogP contribution in [0.25, 0.3) is 10.8 Å². The van der Waals surface area contributed by atoms with Crippen molar-refractivity contribution in [3.8, 4) is 5.75 Å². The van der Waals surface area contributed by atoms with Crippen LogP contribution in [0.2, 0.25) is 0 Å². The number of benzene rings is 2. The van der Waals surface area contributed by atoms with E-state index in [9.17, 15) is 9.90 Å². The Kier molecular flexibility index (Phi) is 2.87. The summed E-state index contributed by atoms with van der Waals surface area (Å²) >= 11 is 0. The Morgan fingerprint density at radius 3 is 2.65 bits per heavy atom. The molecule has 0 unspecified atom stereocenters. The second-order valence-corrected chi connectivity index (χ2v) is 4.47. The van der Waals surface area contributed by atoms with Crippen molar-refractivity contribution in [2.24, 2.45) is 7.05 Å². The zero-order valence-electron chi connectivity index (χ0n) is 10.9. The first-order valence-corrected chi connectivity index (χ1v) is 6.17. The van der Waals surface area contributed by atoms with Crippen molar-refractivity contribution in [2.75, 3.05) is 5.32 Å². The van der Waals surface area contributed by atoms with E-state index in [1.165, 1.54) is 4.68 Å². The zero-order valence-corrected chi connectivity index (χ0v) is 10.9. The summed E-state index contributed by atoms with van der Waals surface area (Å²) in [5.41, 5.74) is 1.13. The van der Waals surface area contributed by atoms with Crippen molar-refractivity contribution in [1.29, 1.82) is 0 Å². The van der Waals surface area contributed by atoms with Crippen LogP contribution in [0.4, 0.5) is 5.69 Å². The maximum absolute atomic E-state index is 12.2. The molecule has 100 valence electrons. The highest BCUT2D eigenvalue weighted by Crippen LogP contribution is 2.29. The molecular formula is C15H13N3O2. The normalized spacial score (nSPS) is 10.7. The number of nitrogens with one attached hydrogen (secondary N) is 1. The predicted molar refractivity (Wildman–Crippen MR) is 76.8 cm³/mol. The van der Waals surface area contributed by atoms with Gasteiger partial charge in [0.1, 0.15) is 11.4 Å². The molecule has 0 radical (unpaired) electrons. The summed E-state index contributed by atoms with van der Waals surface area (Å²) in [6.07, 6.45) is 1.57. The van der Waals surface area contributed by atoms with Crippen LogP contribution in [-0.4, -0.2) is 20.8 Å². The zero-order chi connectivity index (χ0) is 14.1. The summed E-state index contributed by atoms with van der Waals surface area (Å²) in [7, 11) is 1.71. The van der Waals surface area contributed by atoms with Crippen LogP contribution >= 0.6 is 0 Å². The first kappa shape index (κ1) is 12.2. The van der Waals surface area contributed by atoms with Crippen LogP contribution in [-0.2, 0) is 7.05 Å². The summed E-state index contributed by atoms with van der Waals surface area (Å²) in [6.45, 7) is 0. The molecule has 0 aliphatic rings. The minimum atomic E-state index is -0.235. The number of aromatic nitrogens is 2. The standard InChI is InChI=1S/C15H13N3O2/c1-18-13(8-9-16-18)15(20)17-12-6-2-5-11-10(12)4-3-7-14(11)19/h2-9,19H,1H3,(H,17,20). The van der Waals surface area contributed by atoms with Gasteiger partial charge in [-0.05, 0) is 18.2 Å². The maximum Gasteiger partial charge on any atom is 0.273 e. The van der Waals surface area contributed by atoms with Crippen molar-refractivity contribution in [1.82, 2.24) is 9.78 Å². The number of phenols is 1. The molecule has 5 heteroatoms. The Hall–Kier alpha value is -2.82. The fourth-order valence-corrected chi connectivity index (χ4v) is 2.19. The van der Waals surface area contributed by atoms with Gasteiger partial charge >= 0.3 is 0 Å². The van der Waals surface area contributed by atoms with Gasteiger partial charge in [-0.1, -0.05) is 24.3 Å². The molecule has 0 saturated carbocycles. The van der Waals surface area contributed by atoms with Gasteiger partial charge in [0.2, 0.25) is 0 Å². The molecule has 0 aliphatic carbocycles. The van der Waals surface area contributed by atoms with E-state index < -0.39 is 0 Å². The third-order valence-electron chi connectivity index (χ3n) is 3.20. The number of rotatable bonds is 2. The molecule has 2 aromatic carbocycles. The molecule has 1 amide bonds. The van der Waals surface area contributed by atoms with Gasteiger partial charge in [0, 0.05) is 29.7 Å². The number of aromatic hydroxyl groups is 1. The number of amides is 1. The lowest BCUT2D eigenvalue weighted by Gasteiger charge is -2.09. The smallest absolute Gasteiger partial charge is 0.273 e. The largest absolute Gasteiger partial charge is 0.507 e. The van der Waals surface area contributed by atoms with Crippen LogP contribution in [0.3, 0.4) is 0 Å². The van der Waals surface area contributed by atoms with Gasteiger partial charge in [0.25, 0.3) is 5.91 Å². The Morgan fingerprint density at radius 1 is 1.15 bits per heavy atom. The number of aryl methyl sites for hydroxylation is 1. The molecule has 1 heterocycles. The molecule has 0 aliphatic heterocycles. The van der Waals surface area contributed by atoms with E-state index in [1.807, 2.05) is 12.1 Å². The Balaban J connectivity index is 2.02. The summed E-state index contributed by atoms with van der Waals surface area (Å²) in [4.78, 5) is 12.2. The van der Waals surface area contributed by atoms with Crippen molar-refractivity contribution < 1.29 is 9.90 Å². The van der Waals surface area contributed by atoms with Crippen LogP contribution in [0, 0.1) is 0 Å². The van der Waals surface area contributed by atoms with E-state index in [0.717, 1.165) is 5.39 Å². The summed E-state index contributed by atoms with van der Waals surface area (Å²) < 4.78 is 1.51. The maximum atomic E-state index is 12.2. The SMILES string of the molecule is Cn1nccc1C(=O)Nc1cccc2c(O)cccc12. The topological polar surface area (TPSA) is 67.2 Å². The van der Waals surface area contributed by atoms with Crippen molar-refractivity contribution in [3.63, 3.8) is 0 Å². The molecule has 0 fully saturated rings. The van der Waals surface area contributed by atoms with Gasteiger partial charge in [-0.2, -0.15) is 5.10 Å². The van der Waals surface area contributed by atoms with Gasteiger partial charge in [-0.15, -0.1) is 0 Å². The number of anilines is 1. The number of hydrogen-bond donors (Lipinski definition) is 2. The number of hydrogen-bond acceptors (Lipinski definition) is 3. The lowest BCUT2D eigenvalue weighted by molar-refractivity contribution is 0.101. The summed E-state index contributed by atoms with van der Waals surface area (Å²) in [5.74, 6) is -0.0417. The highest BCUT2D eigenvalue weighted by Gasteiger charge is 2.12. The van der Waals surface area contributed by atoms with E-state index in [4.69, 9.17) is 0 Å². The molecule has 3 rings (SSSR count). The summed E-state index contributed by atoms with van der Waals surface area (Å²) in [6, 6.07) is 12.3. The highest BCUT2D eigenvalue weighted by molar-refractivity contribution is 6.09. The highest BCUT2D eigenvalue weighted by atomic mass is 16.3. The number of fused-ring (bicyclic) bond motifs is 1.